The third-order valence-corrected chi connectivity index (χ3v) is 2.52. The number of hydrogen-bond donors (Lipinski definition) is 0. The highest BCUT2D eigenvalue weighted by Gasteiger charge is 2.38. The molecule has 0 aliphatic carbocycles. The molecule has 0 saturated carbocycles. The van der Waals surface area contributed by atoms with Crippen molar-refractivity contribution >= 4 is 24.3 Å². The smallest absolute Gasteiger partial charge is 0.420 e. The minimum absolute atomic E-state index is 0.0251. The number of carbonyl (C=O) groups is 4. The zero-order chi connectivity index (χ0) is 18.4. The van der Waals surface area contributed by atoms with Gasteiger partial charge in [0.1, 0.15) is 23.5 Å². The fourth-order valence-electron chi connectivity index (χ4n) is 1.69. The summed E-state index contributed by atoms with van der Waals surface area (Å²) >= 11 is 0. The van der Waals surface area contributed by atoms with Gasteiger partial charge in [-0.05, 0) is 54.9 Å². The van der Waals surface area contributed by atoms with Gasteiger partial charge in [0.05, 0.1) is 0 Å². The fraction of sp³-hybridized carbons (Fsp3) is 0.750. The van der Waals surface area contributed by atoms with E-state index < -0.39 is 35.2 Å². The van der Waals surface area contributed by atoms with Gasteiger partial charge in [0.15, 0.2) is 5.78 Å². The first-order chi connectivity index (χ1) is 10.3. The lowest BCUT2D eigenvalue weighted by atomic mass is 10.1. The molecule has 0 heterocycles. The van der Waals surface area contributed by atoms with Crippen molar-refractivity contribution in [3.63, 3.8) is 0 Å². The van der Waals surface area contributed by atoms with Crippen LogP contribution in [0, 0.1) is 0 Å². The van der Waals surface area contributed by atoms with Crippen molar-refractivity contribution in [1.82, 2.24) is 4.90 Å². The molecule has 0 aliphatic heterocycles. The first-order valence-electron chi connectivity index (χ1n) is 7.48. The van der Waals surface area contributed by atoms with Crippen molar-refractivity contribution in [2.45, 2.75) is 78.6 Å². The Morgan fingerprint density at radius 3 is 1.61 bits per heavy atom. The molecule has 23 heavy (non-hydrogen) atoms. The van der Waals surface area contributed by atoms with Crippen LogP contribution in [0.15, 0.2) is 0 Å². The molecule has 7 nitrogen and oxygen atoms in total. The van der Waals surface area contributed by atoms with Gasteiger partial charge in [0, 0.05) is 6.42 Å². The summed E-state index contributed by atoms with van der Waals surface area (Å²) in [5, 5.41) is 0. The van der Waals surface area contributed by atoms with Crippen molar-refractivity contribution < 1.29 is 28.7 Å². The molecule has 2 amide bonds. The number of amides is 2. The maximum Gasteiger partial charge on any atom is 0.420 e. The molecule has 0 unspecified atom stereocenters. The predicted octanol–water partition coefficient (Wildman–Crippen LogP) is 3.10. The van der Waals surface area contributed by atoms with Crippen LogP contribution >= 0.6 is 0 Å². The fourth-order valence-corrected chi connectivity index (χ4v) is 1.69. The van der Waals surface area contributed by atoms with Crippen molar-refractivity contribution in [1.29, 1.82) is 0 Å². The van der Waals surface area contributed by atoms with Gasteiger partial charge in [0.25, 0.3) is 0 Å². The molecular formula is C16H27NO6. The Kier molecular flexibility index (Phi) is 7.40. The summed E-state index contributed by atoms with van der Waals surface area (Å²) in [5.41, 5.74) is -1.69. The van der Waals surface area contributed by atoms with Crippen LogP contribution in [0.25, 0.3) is 0 Å². The van der Waals surface area contributed by atoms with Gasteiger partial charge in [-0.2, -0.15) is 0 Å². The van der Waals surface area contributed by atoms with Crippen LogP contribution in [0.4, 0.5) is 9.59 Å². The maximum atomic E-state index is 12.4. The number of ether oxygens (including phenoxy) is 2. The second-order valence-electron chi connectivity index (χ2n) is 7.20. The summed E-state index contributed by atoms with van der Waals surface area (Å²) in [7, 11) is 0. The van der Waals surface area contributed by atoms with Crippen LogP contribution in [0.2, 0.25) is 0 Å². The largest absolute Gasteiger partial charge is 0.443 e. The van der Waals surface area contributed by atoms with Gasteiger partial charge in [0.2, 0.25) is 0 Å². The minimum atomic E-state index is -1.11. The molecule has 0 aromatic heterocycles. The normalized spacial score (nSPS) is 13.0. The Balaban J connectivity index is 5.57. The number of rotatable bonds is 5. The first kappa shape index (κ1) is 21.1. The van der Waals surface area contributed by atoms with E-state index >= 15 is 0 Å². The molecule has 0 aliphatic rings. The average Bonchev–Trinajstić information content (AvgIpc) is 2.28. The molecule has 0 saturated heterocycles. The number of hydrogen-bond acceptors (Lipinski definition) is 6. The van der Waals surface area contributed by atoms with Gasteiger partial charge in [-0.25, -0.2) is 14.5 Å². The molecule has 0 aromatic rings. The molecule has 1 atom stereocenters. The minimum Gasteiger partial charge on any atom is -0.443 e. The lowest BCUT2D eigenvalue weighted by molar-refractivity contribution is -0.122. The van der Waals surface area contributed by atoms with Gasteiger partial charge < -0.3 is 14.3 Å². The van der Waals surface area contributed by atoms with E-state index in [1.165, 1.54) is 6.92 Å². The molecular weight excluding hydrogens is 302 g/mol. The molecule has 0 N–H and O–H groups in total. The van der Waals surface area contributed by atoms with Crippen LogP contribution in [0.1, 0.15) is 61.3 Å². The zero-order valence-electron chi connectivity index (χ0n) is 15.0. The topological polar surface area (TPSA) is 90.0 Å². The SMILES string of the molecule is CC(=O)[C@H](CCC=O)N(C(=O)OC(C)(C)C)C(=O)OC(C)(C)C. The van der Waals surface area contributed by atoms with E-state index in [-0.39, 0.29) is 12.8 Å². The van der Waals surface area contributed by atoms with Crippen LogP contribution in [0.3, 0.4) is 0 Å². The molecule has 0 fully saturated rings. The summed E-state index contributed by atoms with van der Waals surface area (Å²) in [6.07, 6.45) is -1.27. The highest BCUT2D eigenvalue weighted by Crippen LogP contribution is 2.19. The van der Waals surface area contributed by atoms with Gasteiger partial charge in [-0.3, -0.25) is 4.79 Å². The highest BCUT2D eigenvalue weighted by atomic mass is 16.6. The van der Waals surface area contributed by atoms with Crippen molar-refractivity contribution in [3.05, 3.63) is 0 Å². The molecule has 0 rings (SSSR count). The van der Waals surface area contributed by atoms with Crippen molar-refractivity contribution in [3.8, 4) is 0 Å². The molecule has 7 heteroatoms. The van der Waals surface area contributed by atoms with Crippen LogP contribution < -0.4 is 0 Å². The lowest BCUT2D eigenvalue weighted by Crippen LogP contribution is -2.51. The van der Waals surface area contributed by atoms with Gasteiger partial charge in [-0.1, -0.05) is 0 Å². The number of Topliss-reactive ketones (excluding diaryl/α,β-unsaturated/α-hetero) is 1. The number of imide groups is 1. The van der Waals surface area contributed by atoms with E-state index in [4.69, 9.17) is 9.47 Å². The monoisotopic (exact) mass is 329 g/mol. The summed E-state index contributed by atoms with van der Waals surface area (Å²) in [4.78, 5) is 47.8. The summed E-state index contributed by atoms with van der Waals surface area (Å²) < 4.78 is 10.4. The third kappa shape index (κ3) is 8.32. The third-order valence-electron chi connectivity index (χ3n) is 2.52. The summed E-state index contributed by atoms with van der Waals surface area (Å²) in [6, 6.07) is -1.11. The number of nitrogens with zero attached hydrogens (tertiary/aromatic N) is 1. The van der Waals surface area contributed by atoms with E-state index in [1.54, 1.807) is 41.5 Å². The summed E-state index contributed by atoms with van der Waals surface area (Å²) in [6.45, 7) is 11.1. The molecule has 0 spiro atoms. The Morgan fingerprint density at radius 2 is 1.35 bits per heavy atom. The van der Waals surface area contributed by atoms with Crippen molar-refractivity contribution in [2.75, 3.05) is 0 Å². The summed E-state index contributed by atoms with van der Waals surface area (Å²) in [5.74, 6) is -0.427. The Hall–Kier alpha value is -1.92. The highest BCUT2D eigenvalue weighted by molar-refractivity contribution is 5.95. The Bertz CT molecular complexity index is 430. The quantitative estimate of drug-likeness (QED) is 0.720. The van der Waals surface area contributed by atoms with E-state index in [9.17, 15) is 19.2 Å². The zero-order valence-corrected chi connectivity index (χ0v) is 15.0. The van der Waals surface area contributed by atoms with Crippen LogP contribution in [0.5, 0.6) is 0 Å². The predicted molar refractivity (Wildman–Crippen MR) is 84.1 cm³/mol. The number of carbonyl (C=O) groups excluding carboxylic acids is 4. The second kappa shape index (κ2) is 8.08. The Labute approximate surface area is 137 Å². The Morgan fingerprint density at radius 1 is 0.957 bits per heavy atom. The molecule has 0 bridgehead atoms. The first-order valence-corrected chi connectivity index (χ1v) is 7.48. The van der Waals surface area contributed by atoms with Gasteiger partial charge >= 0.3 is 12.2 Å². The van der Waals surface area contributed by atoms with E-state index in [0.717, 1.165) is 0 Å². The van der Waals surface area contributed by atoms with E-state index in [0.29, 0.717) is 11.2 Å². The molecule has 0 aromatic carbocycles. The molecule has 0 radical (unpaired) electrons. The van der Waals surface area contributed by atoms with Crippen LogP contribution in [-0.4, -0.2) is 46.4 Å². The maximum absolute atomic E-state index is 12.4. The van der Waals surface area contributed by atoms with Crippen molar-refractivity contribution in [2.24, 2.45) is 0 Å². The second-order valence-corrected chi connectivity index (χ2v) is 7.20. The average molecular weight is 329 g/mol. The standard InChI is InChI=1S/C16H27NO6/c1-11(19)12(9-8-10-18)17(13(20)22-15(2,3)4)14(21)23-16(5,6)7/h10,12H,8-9H2,1-7H3/t12-/m0/s1. The molecule has 132 valence electrons. The lowest BCUT2D eigenvalue weighted by Gasteiger charge is -2.32. The number of ketones is 1. The van der Waals surface area contributed by atoms with Gasteiger partial charge in [-0.15, -0.1) is 0 Å². The van der Waals surface area contributed by atoms with Crippen LogP contribution in [-0.2, 0) is 19.1 Å². The van der Waals surface area contributed by atoms with E-state index in [1.807, 2.05) is 0 Å². The number of aldehydes is 1. The van der Waals surface area contributed by atoms with E-state index in [2.05, 4.69) is 0 Å².